The van der Waals surface area contributed by atoms with Gasteiger partial charge in [-0.1, -0.05) is 18.2 Å². The van der Waals surface area contributed by atoms with Crippen LogP contribution in [0.25, 0.3) is 44.9 Å². The molecule has 0 aliphatic carbocycles. The van der Waals surface area contributed by atoms with Crippen LogP contribution in [0.5, 0.6) is 5.75 Å². The van der Waals surface area contributed by atoms with Gasteiger partial charge in [0.2, 0.25) is 0 Å². The van der Waals surface area contributed by atoms with Crippen LogP contribution in [-0.2, 0) is 13.2 Å². The molecule has 0 N–H and O–H groups in total. The molecule has 0 aliphatic rings. The summed E-state index contributed by atoms with van der Waals surface area (Å²) in [4.78, 5) is 18.1. The van der Waals surface area contributed by atoms with Gasteiger partial charge in [0.25, 0.3) is 0 Å². The number of benzene rings is 2. The number of fused-ring (bicyclic) bond motifs is 1. The predicted octanol–water partition coefficient (Wildman–Crippen LogP) is 5.94. The molecule has 5 rings (SSSR count). The number of nitrogens with zero attached hydrogens (tertiary/aromatic N) is 6. The highest BCUT2D eigenvalue weighted by atomic mass is 19.4. The summed E-state index contributed by atoms with van der Waals surface area (Å²) in [5.41, 5.74) is 2.41. The third kappa shape index (κ3) is 4.37. The van der Waals surface area contributed by atoms with Crippen LogP contribution in [0.3, 0.4) is 0 Å². The predicted molar refractivity (Wildman–Crippen MR) is 129 cm³/mol. The molecule has 5 aromatic rings. The van der Waals surface area contributed by atoms with Gasteiger partial charge in [-0.05, 0) is 37.6 Å². The first-order valence-corrected chi connectivity index (χ1v) is 11.1. The summed E-state index contributed by atoms with van der Waals surface area (Å²) in [6.07, 6.45) is -1.23. The molecule has 0 fully saturated rings. The maximum absolute atomic E-state index is 15.5. The lowest BCUT2D eigenvalue weighted by atomic mass is 10.0. The number of ether oxygens (including phenoxy) is 1. The molecule has 0 aliphatic heterocycles. The molecule has 0 amide bonds. The Bertz CT molecular complexity index is 1660. The highest BCUT2D eigenvalue weighted by molar-refractivity contribution is 5.89. The summed E-state index contributed by atoms with van der Waals surface area (Å²) in [5.74, 6) is -1.91. The lowest BCUT2D eigenvalue weighted by Gasteiger charge is -2.16. The Labute approximate surface area is 208 Å². The van der Waals surface area contributed by atoms with E-state index in [0.29, 0.717) is 17.0 Å². The number of methoxy groups -OCH3 is 1. The molecule has 0 atom stereocenters. The van der Waals surface area contributed by atoms with Gasteiger partial charge in [-0.2, -0.15) is 18.3 Å². The fraction of sp³-hybridized carbons (Fsp3) is 0.192. The Morgan fingerprint density at radius 2 is 1.62 bits per heavy atom. The second kappa shape index (κ2) is 8.91. The van der Waals surface area contributed by atoms with Gasteiger partial charge >= 0.3 is 6.18 Å². The van der Waals surface area contributed by atoms with Crippen LogP contribution in [-0.4, -0.2) is 36.8 Å². The van der Waals surface area contributed by atoms with E-state index in [1.165, 1.54) is 0 Å². The summed E-state index contributed by atoms with van der Waals surface area (Å²) in [6.45, 7) is 3.48. The monoisotopic (exact) mass is 508 g/mol. The first-order valence-electron chi connectivity index (χ1n) is 11.1. The van der Waals surface area contributed by atoms with Crippen LogP contribution in [0.4, 0.5) is 17.6 Å². The van der Waals surface area contributed by atoms with Crippen molar-refractivity contribution in [2.24, 2.45) is 7.05 Å². The largest absolute Gasteiger partial charge is 0.493 e. The average molecular weight is 508 g/mol. The van der Waals surface area contributed by atoms with Crippen molar-refractivity contribution in [3.05, 3.63) is 71.6 Å². The fourth-order valence-corrected chi connectivity index (χ4v) is 4.00. The Morgan fingerprint density at radius 1 is 0.892 bits per heavy atom. The molecule has 0 saturated heterocycles. The normalized spacial score (nSPS) is 11.8. The van der Waals surface area contributed by atoms with Crippen molar-refractivity contribution in [3.8, 4) is 39.5 Å². The number of aromatic nitrogens is 6. The number of aryl methyl sites for hydroxylation is 3. The fourth-order valence-electron chi connectivity index (χ4n) is 4.00. The molecule has 0 radical (unpaired) electrons. The van der Waals surface area contributed by atoms with E-state index >= 15 is 4.39 Å². The zero-order valence-corrected chi connectivity index (χ0v) is 20.2. The Morgan fingerprint density at radius 3 is 2.30 bits per heavy atom. The minimum absolute atomic E-state index is 0.00639. The van der Waals surface area contributed by atoms with Crippen molar-refractivity contribution in [1.29, 1.82) is 0 Å². The highest BCUT2D eigenvalue weighted by Crippen LogP contribution is 2.41. The van der Waals surface area contributed by atoms with Crippen LogP contribution in [0, 0.1) is 19.7 Å². The molecule has 11 heteroatoms. The molecule has 3 heterocycles. The standard InChI is InChI=1S/C26H20F4N6O/c1-13-14(2)33-25-22(32-13)21(18-8-9-19(26(28,29)30)23(37-4)20(18)27)34-24(35-25)16-7-5-6-15(10-16)17-11-31-36(3)12-17/h5-12H,1-4H3. The summed E-state index contributed by atoms with van der Waals surface area (Å²) in [7, 11) is 2.79. The molecule has 188 valence electrons. The van der Waals surface area contributed by atoms with E-state index < -0.39 is 23.3 Å². The van der Waals surface area contributed by atoms with Crippen molar-refractivity contribution >= 4 is 11.2 Å². The molecule has 0 unspecified atom stereocenters. The molecule has 0 saturated carbocycles. The third-order valence-electron chi connectivity index (χ3n) is 5.96. The van der Waals surface area contributed by atoms with E-state index in [-0.39, 0.29) is 28.2 Å². The van der Waals surface area contributed by atoms with Crippen LogP contribution >= 0.6 is 0 Å². The summed E-state index contributed by atoms with van der Waals surface area (Å²) in [5, 5.41) is 4.19. The number of hydrogen-bond acceptors (Lipinski definition) is 6. The molecule has 0 spiro atoms. The van der Waals surface area contributed by atoms with Gasteiger partial charge in [-0.3, -0.25) is 4.68 Å². The van der Waals surface area contributed by atoms with Crippen molar-refractivity contribution in [3.63, 3.8) is 0 Å². The number of halogens is 4. The van der Waals surface area contributed by atoms with Crippen LogP contribution < -0.4 is 4.74 Å². The number of rotatable bonds is 4. The summed E-state index contributed by atoms with van der Waals surface area (Å²) < 4.78 is 62.4. The number of hydrogen-bond donors (Lipinski definition) is 0. The van der Waals surface area contributed by atoms with Crippen LogP contribution in [0.2, 0.25) is 0 Å². The Hall–Kier alpha value is -4.41. The van der Waals surface area contributed by atoms with E-state index in [1.54, 1.807) is 30.8 Å². The van der Waals surface area contributed by atoms with E-state index in [9.17, 15) is 13.2 Å². The minimum Gasteiger partial charge on any atom is -0.493 e. The summed E-state index contributed by atoms with van der Waals surface area (Å²) >= 11 is 0. The quantitative estimate of drug-likeness (QED) is 0.280. The molecular formula is C26H20F4N6O. The zero-order chi connectivity index (χ0) is 26.5. The molecule has 7 nitrogen and oxygen atoms in total. The zero-order valence-electron chi connectivity index (χ0n) is 20.2. The Balaban J connectivity index is 1.77. The minimum atomic E-state index is -4.80. The van der Waals surface area contributed by atoms with Gasteiger partial charge < -0.3 is 4.74 Å². The van der Waals surface area contributed by atoms with E-state index in [1.807, 2.05) is 31.4 Å². The second-order valence-electron chi connectivity index (χ2n) is 8.45. The van der Waals surface area contributed by atoms with Gasteiger partial charge in [0.15, 0.2) is 23.0 Å². The van der Waals surface area contributed by atoms with Gasteiger partial charge in [0.05, 0.1) is 24.7 Å². The highest BCUT2D eigenvalue weighted by Gasteiger charge is 2.37. The van der Waals surface area contributed by atoms with Crippen LogP contribution in [0.15, 0.2) is 48.8 Å². The maximum Gasteiger partial charge on any atom is 0.420 e. The van der Waals surface area contributed by atoms with E-state index in [2.05, 4.69) is 25.0 Å². The molecule has 2 aromatic carbocycles. The molecule has 0 bridgehead atoms. The van der Waals surface area contributed by atoms with E-state index in [4.69, 9.17) is 4.74 Å². The van der Waals surface area contributed by atoms with Crippen molar-refractivity contribution in [2.75, 3.05) is 7.11 Å². The van der Waals surface area contributed by atoms with E-state index in [0.717, 1.165) is 30.4 Å². The third-order valence-corrected chi connectivity index (χ3v) is 5.96. The van der Waals surface area contributed by atoms with Gasteiger partial charge in [0, 0.05) is 29.9 Å². The summed E-state index contributed by atoms with van der Waals surface area (Å²) in [6, 6.07) is 9.13. The van der Waals surface area contributed by atoms with Gasteiger partial charge in [0.1, 0.15) is 16.8 Å². The molecule has 37 heavy (non-hydrogen) atoms. The van der Waals surface area contributed by atoms with Gasteiger partial charge in [-0.25, -0.2) is 24.3 Å². The topological polar surface area (TPSA) is 78.6 Å². The first kappa shape index (κ1) is 24.3. The lowest BCUT2D eigenvalue weighted by Crippen LogP contribution is -2.10. The maximum atomic E-state index is 15.5. The number of alkyl halides is 3. The van der Waals surface area contributed by atoms with Gasteiger partial charge in [-0.15, -0.1) is 0 Å². The van der Waals surface area contributed by atoms with Crippen LogP contribution in [0.1, 0.15) is 17.0 Å². The second-order valence-corrected chi connectivity index (χ2v) is 8.45. The van der Waals surface area contributed by atoms with Crippen molar-refractivity contribution in [2.45, 2.75) is 20.0 Å². The first-order chi connectivity index (χ1) is 17.6. The SMILES string of the molecule is COc1c(C(F)(F)F)ccc(-c2nc(-c3cccc(-c4cnn(C)c4)c3)nc3nc(C)c(C)nc23)c1F. The van der Waals surface area contributed by atoms with Crippen molar-refractivity contribution in [1.82, 2.24) is 29.7 Å². The molecular weight excluding hydrogens is 488 g/mol. The van der Waals surface area contributed by atoms with Crippen molar-refractivity contribution < 1.29 is 22.3 Å². The Kier molecular flexibility index (Phi) is 5.85. The smallest absolute Gasteiger partial charge is 0.420 e. The lowest BCUT2D eigenvalue weighted by molar-refractivity contribution is -0.139. The molecule has 3 aromatic heterocycles. The average Bonchev–Trinajstić information content (AvgIpc) is 3.30.